The average Bonchev–Trinajstić information content (AvgIpc) is 2.94. The molecule has 0 aliphatic carbocycles. The Labute approximate surface area is 154 Å². The van der Waals surface area contributed by atoms with Crippen LogP contribution in [0.1, 0.15) is 35.3 Å². The number of guanidine groups is 1. The Kier molecular flexibility index (Phi) is 8.25. The minimum Gasteiger partial charge on any atom is -0.494 e. The van der Waals surface area contributed by atoms with Crippen molar-refractivity contribution in [1.82, 2.24) is 15.6 Å². The van der Waals surface area contributed by atoms with Gasteiger partial charge in [0, 0.05) is 18.0 Å². The first-order chi connectivity index (χ1) is 12.2. The Morgan fingerprint density at radius 1 is 1.16 bits per heavy atom. The lowest BCUT2D eigenvalue weighted by molar-refractivity contribution is 0.307. The van der Waals surface area contributed by atoms with Gasteiger partial charge in [-0.2, -0.15) is 0 Å². The van der Waals surface area contributed by atoms with E-state index >= 15 is 0 Å². The highest BCUT2D eigenvalue weighted by Gasteiger charge is 2.04. The molecule has 25 heavy (non-hydrogen) atoms. The van der Waals surface area contributed by atoms with Gasteiger partial charge in [-0.25, -0.2) is 9.98 Å². The number of para-hydroxylation sites is 1. The highest BCUT2D eigenvalue weighted by atomic mass is 32.1. The van der Waals surface area contributed by atoms with Gasteiger partial charge in [0.25, 0.3) is 0 Å². The normalized spacial score (nSPS) is 11.4. The Morgan fingerprint density at radius 3 is 2.64 bits per heavy atom. The van der Waals surface area contributed by atoms with Gasteiger partial charge in [-0.15, -0.1) is 11.3 Å². The second-order valence-electron chi connectivity index (χ2n) is 5.73. The number of nitrogens with zero attached hydrogens (tertiary/aromatic N) is 2. The molecule has 136 valence electrons. The fourth-order valence-corrected chi connectivity index (χ4v) is 3.21. The van der Waals surface area contributed by atoms with Gasteiger partial charge in [0.15, 0.2) is 5.96 Å². The van der Waals surface area contributed by atoms with Crippen LogP contribution in [-0.2, 0) is 6.54 Å². The predicted molar refractivity (Wildman–Crippen MR) is 106 cm³/mol. The molecular formula is C19H28N4OS. The fourth-order valence-electron chi connectivity index (χ4n) is 2.35. The third-order valence-corrected chi connectivity index (χ3v) is 4.66. The largest absolute Gasteiger partial charge is 0.494 e. The van der Waals surface area contributed by atoms with Crippen molar-refractivity contribution in [3.8, 4) is 5.75 Å². The highest BCUT2D eigenvalue weighted by molar-refractivity contribution is 7.11. The maximum atomic E-state index is 5.70. The van der Waals surface area contributed by atoms with Crippen LogP contribution in [0.4, 0.5) is 0 Å². The van der Waals surface area contributed by atoms with E-state index in [9.17, 15) is 0 Å². The lowest BCUT2D eigenvalue weighted by Crippen LogP contribution is -2.37. The average molecular weight is 361 g/mol. The van der Waals surface area contributed by atoms with Crippen LogP contribution in [0.15, 0.2) is 35.3 Å². The van der Waals surface area contributed by atoms with E-state index in [1.54, 1.807) is 11.3 Å². The summed E-state index contributed by atoms with van der Waals surface area (Å²) in [4.78, 5) is 10.3. The third kappa shape index (κ3) is 7.13. The molecule has 0 aliphatic rings. The topological polar surface area (TPSA) is 58.5 Å². The number of thiazole rings is 1. The zero-order valence-electron chi connectivity index (χ0n) is 15.3. The maximum absolute atomic E-state index is 5.70. The van der Waals surface area contributed by atoms with E-state index in [1.807, 2.05) is 44.2 Å². The number of aromatic nitrogens is 1. The smallest absolute Gasteiger partial charge is 0.191 e. The number of rotatable bonds is 9. The molecule has 0 saturated carbocycles. The summed E-state index contributed by atoms with van der Waals surface area (Å²) in [5.74, 6) is 1.79. The summed E-state index contributed by atoms with van der Waals surface area (Å²) in [5, 5.41) is 7.77. The molecule has 0 radical (unpaired) electrons. The molecule has 0 aliphatic heterocycles. The Bertz CT molecular complexity index is 655. The molecule has 0 amide bonds. The molecule has 6 heteroatoms. The van der Waals surface area contributed by atoms with Crippen molar-refractivity contribution in [2.24, 2.45) is 4.99 Å². The van der Waals surface area contributed by atoms with Crippen LogP contribution in [0.5, 0.6) is 5.75 Å². The molecule has 1 aromatic heterocycles. The Balaban J connectivity index is 1.68. The van der Waals surface area contributed by atoms with Crippen LogP contribution in [-0.4, -0.2) is 30.6 Å². The molecule has 0 saturated heterocycles. The fraction of sp³-hybridized carbons (Fsp3) is 0.474. The molecule has 0 bridgehead atoms. The molecule has 0 atom stereocenters. The van der Waals surface area contributed by atoms with Crippen LogP contribution in [0.25, 0.3) is 0 Å². The van der Waals surface area contributed by atoms with Crippen LogP contribution in [0.3, 0.4) is 0 Å². The zero-order chi connectivity index (χ0) is 17.9. The molecule has 5 nitrogen and oxygen atoms in total. The number of aryl methyl sites for hydroxylation is 2. The highest BCUT2D eigenvalue weighted by Crippen LogP contribution is 2.17. The summed E-state index contributed by atoms with van der Waals surface area (Å²) in [6, 6.07) is 9.94. The minimum atomic E-state index is 0.670. The SMILES string of the molecule is CCNC(=NCc1sc(C)nc1C)NCCCCOc1ccccc1. The maximum Gasteiger partial charge on any atom is 0.191 e. The molecule has 1 heterocycles. The van der Waals surface area contributed by atoms with Gasteiger partial charge in [0.1, 0.15) is 5.75 Å². The summed E-state index contributed by atoms with van der Waals surface area (Å²) in [5.41, 5.74) is 1.08. The Hall–Kier alpha value is -2.08. The van der Waals surface area contributed by atoms with Gasteiger partial charge in [0.2, 0.25) is 0 Å². The van der Waals surface area contributed by atoms with E-state index < -0.39 is 0 Å². The molecular weight excluding hydrogens is 332 g/mol. The number of hydrogen-bond acceptors (Lipinski definition) is 4. The van der Waals surface area contributed by atoms with Crippen molar-refractivity contribution in [3.05, 3.63) is 45.9 Å². The first-order valence-corrected chi connectivity index (χ1v) is 9.63. The van der Waals surface area contributed by atoms with Crippen molar-refractivity contribution in [3.63, 3.8) is 0 Å². The number of ether oxygens (including phenoxy) is 1. The standard InChI is InChI=1S/C19H28N4OS/c1-4-20-19(22-14-18-15(2)23-16(3)25-18)21-12-8-9-13-24-17-10-6-5-7-11-17/h5-7,10-11H,4,8-9,12-14H2,1-3H3,(H2,20,21,22). The van der Waals surface area contributed by atoms with Crippen molar-refractivity contribution in [2.75, 3.05) is 19.7 Å². The summed E-state index contributed by atoms with van der Waals surface area (Å²) < 4.78 is 5.70. The van der Waals surface area contributed by atoms with E-state index in [0.717, 1.165) is 54.9 Å². The first-order valence-electron chi connectivity index (χ1n) is 8.82. The monoisotopic (exact) mass is 360 g/mol. The minimum absolute atomic E-state index is 0.670. The molecule has 1 aromatic carbocycles. The summed E-state index contributed by atoms with van der Waals surface area (Å²) >= 11 is 1.72. The molecule has 0 fully saturated rings. The number of nitrogens with one attached hydrogen (secondary N) is 2. The number of unbranched alkanes of at least 4 members (excludes halogenated alkanes) is 1. The number of aliphatic imine (C=N–C) groups is 1. The van der Waals surface area contributed by atoms with Gasteiger partial charge >= 0.3 is 0 Å². The summed E-state index contributed by atoms with van der Waals surface area (Å²) in [6.07, 6.45) is 2.05. The van der Waals surface area contributed by atoms with Crippen molar-refractivity contribution in [1.29, 1.82) is 0 Å². The third-order valence-electron chi connectivity index (χ3n) is 3.60. The predicted octanol–water partition coefficient (Wildman–Crippen LogP) is 3.67. The van der Waals surface area contributed by atoms with Crippen LogP contribution in [0, 0.1) is 13.8 Å². The second kappa shape index (κ2) is 10.7. The first kappa shape index (κ1) is 19.2. The van der Waals surface area contributed by atoms with Gasteiger partial charge in [0.05, 0.1) is 23.9 Å². The van der Waals surface area contributed by atoms with Crippen LogP contribution >= 0.6 is 11.3 Å². The number of benzene rings is 1. The van der Waals surface area contributed by atoms with Crippen molar-refractivity contribution < 1.29 is 4.74 Å². The lowest BCUT2D eigenvalue weighted by atomic mass is 10.3. The second-order valence-corrected chi connectivity index (χ2v) is 7.02. The van der Waals surface area contributed by atoms with E-state index in [4.69, 9.17) is 4.74 Å². The van der Waals surface area contributed by atoms with E-state index in [-0.39, 0.29) is 0 Å². The zero-order valence-corrected chi connectivity index (χ0v) is 16.2. The van der Waals surface area contributed by atoms with E-state index in [0.29, 0.717) is 6.54 Å². The van der Waals surface area contributed by atoms with Crippen LogP contribution in [0.2, 0.25) is 0 Å². The molecule has 2 rings (SSSR count). The van der Waals surface area contributed by atoms with Crippen molar-refractivity contribution in [2.45, 2.75) is 40.2 Å². The molecule has 2 aromatic rings. The summed E-state index contributed by atoms with van der Waals surface area (Å²) in [6.45, 7) is 9.29. The molecule has 0 unspecified atom stereocenters. The quantitative estimate of drug-likeness (QED) is 0.407. The molecule has 0 spiro atoms. The van der Waals surface area contributed by atoms with E-state index in [2.05, 4.69) is 27.5 Å². The summed E-state index contributed by atoms with van der Waals surface area (Å²) in [7, 11) is 0. The Morgan fingerprint density at radius 2 is 1.96 bits per heavy atom. The van der Waals surface area contributed by atoms with Gasteiger partial charge in [-0.05, 0) is 45.7 Å². The molecule has 2 N–H and O–H groups in total. The van der Waals surface area contributed by atoms with Gasteiger partial charge in [-0.3, -0.25) is 0 Å². The van der Waals surface area contributed by atoms with Crippen LogP contribution < -0.4 is 15.4 Å². The van der Waals surface area contributed by atoms with Gasteiger partial charge in [-0.1, -0.05) is 18.2 Å². The lowest BCUT2D eigenvalue weighted by Gasteiger charge is -2.11. The van der Waals surface area contributed by atoms with Gasteiger partial charge < -0.3 is 15.4 Å². The number of hydrogen-bond donors (Lipinski definition) is 2. The van der Waals surface area contributed by atoms with Crippen molar-refractivity contribution >= 4 is 17.3 Å². The van der Waals surface area contributed by atoms with E-state index in [1.165, 1.54) is 4.88 Å².